The fourth-order valence-electron chi connectivity index (χ4n) is 2.61. The molecule has 3 rings (SSSR count). The predicted molar refractivity (Wildman–Crippen MR) is 112 cm³/mol. The Kier molecular flexibility index (Phi) is 6.36. The molecule has 2 aromatic carbocycles. The number of hydrogen-bond acceptors (Lipinski definition) is 5. The van der Waals surface area contributed by atoms with E-state index in [1.54, 1.807) is 12.1 Å². The first kappa shape index (κ1) is 20.2. The van der Waals surface area contributed by atoms with Crippen molar-refractivity contribution >= 4 is 29.0 Å². The van der Waals surface area contributed by atoms with Gasteiger partial charge in [-0.25, -0.2) is 4.79 Å². The maximum absolute atomic E-state index is 12.4. The lowest BCUT2D eigenvalue weighted by molar-refractivity contribution is 0.0955. The molecule has 0 fully saturated rings. The van der Waals surface area contributed by atoms with Crippen LogP contribution in [-0.2, 0) is 13.1 Å². The van der Waals surface area contributed by atoms with Crippen LogP contribution in [0.1, 0.15) is 25.7 Å². The number of phenols is 2. The lowest BCUT2D eigenvalue weighted by Crippen LogP contribution is -2.28. The van der Waals surface area contributed by atoms with Crippen LogP contribution in [0.15, 0.2) is 54.6 Å². The quantitative estimate of drug-likeness (QED) is 0.398. The number of anilines is 1. The summed E-state index contributed by atoms with van der Waals surface area (Å²) in [5.74, 6) is -0.740. The summed E-state index contributed by atoms with van der Waals surface area (Å²) in [6, 6.07) is 15.2. The zero-order chi connectivity index (χ0) is 20.8. The van der Waals surface area contributed by atoms with E-state index in [2.05, 4.69) is 16.0 Å². The van der Waals surface area contributed by atoms with Crippen molar-refractivity contribution in [3.63, 3.8) is 0 Å². The molecule has 3 aromatic rings. The van der Waals surface area contributed by atoms with E-state index in [1.165, 1.54) is 23.5 Å². The fourth-order valence-corrected chi connectivity index (χ4v) is 3.50. The molecule has 150 valence electrons. The Labute approximate surface area is 172 Å². The summed E-state index contributed by atoms with van der Waals surface area (Å²) in [5, 5.41) is 27.1. The number of amides is 3. The predicted octanol–water partition coefficient (Wildman–Crippen LogP) is 3.72. The van der Waals surface area contributed by atoms with Gasteiger partial charge in [0, 0.05) is 18.0 Å². The number of hydrogen-bond donors (Lipinski definition) is 5. The molecule has 0 unspecified atom stereocenters. The molecule has 0 atom stereocenters. The summed E-state index contributed by atoms with van der Waals surface area (Å²) in [7, 11) is 0. The third kappa shape index (κ3) is 5.49. The zero-order valence-electron chi connectivity index (χ0n) is 15.7. The second-order valence-corrected chi connectivity index (χ2v) is 7.64. The number of thiophene rings is 1. The van der Waals surface area contributed by atoms with Crippen molar-refractivity contribution in [3.8, 4) is 11.5 Å². The Bertz CT molecular complexity index is 1020. The molecule has 0 saturated carbocycles. The molecule has 29 heavy (non-hydrogen) atoms. The highest BCUT2D eigenvalue weighted by atomic mass is 32.1. The van der Waals surface area contributed by atoms with Crippen molar-refractivity contribution in [2.45, 2.75) is 20.0 Å². The molecule has 0 bridgehead atoms. The zero-order valence-corrected chi connectivity index (χ0v) is 16.5. The summed E-state index contributed by atoms with van der Waals surface area (Å²) >= 11 is 1.28. The van der Waals surface area contributed by atoms with Crippen molar-refractivity contribution in [2.75, 3.05) is 5.32 Å². The maximum Gasteiger partial charge on any atom is 0.319 e. The standard InChI is InChI=1S/C21H21N3O4S/c1-13-16(24-21(28)23-11-14-5-3-2-4-6-14)10-19(29-13)20(27)22-12-15-7-8-17(25)18(26)9-15/h2-10,25-26H,11-12H2,1H3,(H,22,27)(H2,23,24,28). The van der Waals surface area contributed by atoms with E-state index in [9.17, 15) is 19.8 Å². The number of aromatic hydroxyl groups is 2. The third-order valence-electron chi connectivity index (χ3n) is 4.18. The van der Waals surface area contributed by atoms with Crippen molar-refractivity contribution in [1.29, 1.82) is 0 Å². The van der Waals surface area contributed by atoms with E-state index in [4.69, 9.17) is 0 Å². The van der Waals surface area contributed by atoms with Crippen molar-refractivity contribution < 1.29 is 19.8 Å². The fraction of sp³-hybridized carbons (Fsp3) is 0.143. The molecule has 0 saturated heterocycles. The first-order valence-electron chi connectivity index (χ1n) is 8.90. The Morgan fingerprint density at radius 3 is 2.34 bits per heavy atom. The molecule has 0 aliphatic heterocycles. The van der Waals surface area contributed by atoms with E-state index in [1.807, 2.05) is 37.3 Å². The number of phenolic OH excluding ortho intramolecular Hbond substituents is 2. The number of nitrogens with one attached hydrogen (secondary N) is 3. The average molecular weight is 411 g/mol. The van der Waals surface area contributed by atoms with Crippen molar-refractivity contribution in [2.24, 2.45) is 0 Å². The van der Waals surface area contributed by atoms with Gasteiger partial charge in [0.05, 0.1) is 10.6 Å². The summed E-state index contributed by atoms with van der Waals surface area (Å²) < 4.78 is 0. The van der Waals surface area contributed by atoms with Crippen LogP contribution in [0.3, 0.4) is 0 Å². The van der Waals surface area contributed by atoms with Gasteiger partial charge in [-0.2, -0.15) is 0 Å². The number of aryl methyl sites for hydroxylation is 1. The smallest absolute Gasteiger partial charge is 0.319 e. The molecule has 0 radical (unpaired) electrons. The van der Waals surface area contributed by atoms with Crippen LogP contribution in [0.4, 0.5) is 10.5 Å². The molecule has 0 spiro atoms. The van der Waals surface area contributed by atoms with Gasteiger partial charge in [0.25, 0.3) is 5.91 Å². The van der Waals surface area contributed by atoms with Gasteiger partial charge < -0.3 is 26.2 Å². The summed E-state index contributed by atoms with van der Waals surface area (Å²) in [5.41, 5.74) is 2.22. The van der Waals surface area contributed by atoms with Gasteiger partial charge in [-0.05, 0) is 36.2 Å². The maximum atomic E-state index is 12.4. The minimum atomic E-state index is -0.346. The lowest BCUT2D eigenvalue weighted by Gasteiger charge is -2.07. The van der Waals surface area contributed by atoms with Crippen molar-refractivity contribution in [1.82, 2.24) is 10.6 Å². The minimum absolute atomic E-state index is 0.198. The van der Waals surface area contributed by atoms with Crippen LogP contribution < -0.4 is 16.0 Å². The van der Waals surface area contributed by atoms with Crippen LogP contribution in [0.5, 0.6) is 11.5 Å². The number of urea groups is 1. The Hall–Kier alpha value is -3.52. The van der Waals surface area contributed by atoms with Gasteiger partial charge in [-0.15, -0.1) is 11.3 Å². The van der Waals surface area contributed by atoms with Gasteiger partial charge >= 0.3 is 6.03 Å². The molecule has 5 N–H and O–H groups in total. The number of rotatable bonds is 6. The van der Waals surface area contributed by atoms with E-state index in [0.717, 1.165) is 10.4 Å². The van der Waals surface area contributed by atoms with Crippen LogP contribution in [0, 0.1) is 6.92 Å². The topological polar surface area (TPSA) is 111 Å². The minimum Gasteiger partial charge on any atom is -0.504 e. The SMILES string of the molecule is Cc1sc(C(=O)NCc2ccc(O)c(O)c2)cc1NC(=O)NCc1ccccc1. The highest BCUT2D eigenvalue weighted by molar-refractivity contribution is 7.14. The lowest BCUT2D eigenvalue weighted by atomic mass is 10.2. The number of benzene rings is 2. The number of carbonyl (C=O) groups excluding carboxylic acids is 2. The molecule has 3 amide bonds. The second-order valence-electron chi connectivity index (χ2n) is 6.38. The molecule has 8 heteroatoms. The third-order valence-corrected chi connectivity index (χ3v) is 5.23. The first-order valence-corrected chi connectivity index (χ1v) is 9.72. The molecule has 7 nitrogen and oxygen atoms in total. The summed E-state index contributed by atoms with van der Waals surface area (Å²) in [4.78, 5) is 25.8. The Morgan fingerprint density at radius 2 is 1.62 bits per heavy atom. The normalized spacial score (nSPS) is 10.4. The van der Waals surface area contributed by atoms with E-state index in [0.29, 0.717) is 22.7 Å². The highest BCUT2D eigenvalue weighted by Gasteiger charge is 2.14. The second kappa shape index (κ2) is 9.11. The Balaban J connectivity index is 1.55. The molecular weight excluding hydrogens is 390 g/mol. The van der Waals surface area contributed by atoms with Crippen LogP contribution in [0.2, 0.25) is 0 Å². The van der Waals surface area contributed by atoms with E-state index >= 15 is 0 Å². The largest absolute Gasteiger partial charge is 0.504 e. The summed E-state index contributed by atoms with van der Waals surface area (Å²) in [6.07, 6.45) is 0. The molecule has 0 aliphatic carbocycles. The van der Waals surface area contributed by atoms with Crippen molar-refractivity contribution in [3.05, 3.63) is 75.5 Å². The molecule has 1 heterocycles. The molecule has 1 aromatic heterocycles. The first-order chi connectivity index (χ1) is 13.9. The average Bonchev–Trinajstić information content (AvgIpc) is 3.08. The number of carbonyl (C=O) groups is 2. The van der Waals surface area contributed by atoms with Gasteiger partial charge in [-0.1, -0.05) is 36.4 Å². The van der Waals surface area contributed by atoms with Crippen LogP contribution in [0.25, 0.3) is 0 Å². The van der Waals surface area contributed by atoms with E-state index < -0.39 is 0 Å². The van der Waals surface area contributed by atoms with Crippen LogP contribution >= 0.6 is 11.3 Å². The van der Waals surface area contributed by atoms with Gasteiger partial charge in [0.2, 0.25) is 0 Å². The molecule has 0 aliphatic rings. The monoisotopic (exact) mass is 411 g/mol. The van der Waals surface area contributed by atoms with Crippen LogP contribution in [-0.4, -0.2) is 22.2 Å². The van der Waals surface area contributed by atoms with Gasteiger partial charge in [-0.3, -0.25) is 4.79 Å². The van der Waals surface area contributed by atoms with Gasteiger partial charge in [0.15, 0.2) is 11.5 Å². The summed E-state index contributed by atoms with van der Waals surface area (Å²) in [6.45, 7) is 2.43. The van der Waals surface area contributed by atoms with Gasteiger partial charge in [0.1, 0.15) is 0 Å². The Morgan fingerprint density at radius 1 is 0.897 bits per heavy atom. The van der Waals surface area contributed by atoms with E-state index in [-0.39, 0.29) is 30.0 Å². The highest BCUT2D eigenvalue weighted by Crippen LogP contribution is 2.27. The molecular formula is C21H21N3O4S.